The third-order valence-corrected chi connectivity index (χ3v) is 4.76. The number of esters is 1. The predicted octanol–water partition coefficient (Wildman–Crippen LogP) is 3.76. The van der Waals surface area contributed by atoms with Crippen molar-refractivity contribution in [2.75, 3.05) is 11.9 Å². The highest BCUT2D eigenvalue weighted by molar-refractivity contribution is 5.97. The van der Waals surface area contributed by atoms with Crippen molar-refractivity contribution < 1.29 is 14.3 Å². The third kappa shape index (κ3) is 4.36. The van der Waals surface area contributed by atoms with Crippen molar-refractivity contribution >= 4 is 28.6 Å². The summed E-state index contributed by atoms with van der Waals surface area (Å²) in [5.74, 6) is -0.486. The Morgan fingerprint density at radius 1 is 1.14 bits per heavy atom. The van der Waals surface area contributed by atoms with Gasteiger partial charge in [0.15, 0.2) is 6.61 Å². The third-order valence-electron chi connectivity index (χ3n) is 4.76. The first-order valence-electron chi connectivity index (χ1n) is 9.42. The van der Waals surface area contributed by atoms with Crippen molar-refractivity contribution in [3.05, 3.63) is 53.6 Å². The van der Waals surface area contributed by atoms with Gasteiger partial charge >= 0.3 is 5.97 Å². The number of nitrogens with zero attached hydrogens (tertiary/aromatic N) is 3. The molecule has 1 aromatic heterocycles. The molecule has 0 radical (unpaired) electrons. The normalized spacial score (nSPS) is 12.0. The zero-order chi connectivity index (χ0) is 20.1. The zero-order valence-electron chi connectivity index (χ0n) is 16.3. The topological polar surface area (TPSA) is 86.1 Å². The summed E-state index contributed by atoms with van der Waals surface area (Å²) in [7, 11) is 0. The number of aryl methyl sites for hydroxylation is 1. The van der Waals surface area contributed by atoms with E-state index in [4.69, 9.17) is 4.74 Å². The van der Waals surface area contributed by atoms with Gasteiger partial charge in [-0.15, -0.1) is 5.10 Å². The number of hydrogen-bond acceptors (Lipinski definition) is 5. The number of carbonyl (C=O) groups excluding carboxylic acids is 2. The summed E-state index contributed by atoms with van der Waals surface area (Å²) < 4.78 is 6.86. The Labute approximate surface area is 163 Å². The standard InChI is InChI=1S/C21H24N4O3/c1-4-14(3)15-6-9-17(10-7-15)22-20(26)13-28-21(27)16-8-11-19-18(12-16)23-24-25(19)5-2/h6-12,14H,4-5,13H2,1-3H3,(H,22,26)/t14-/m0/s1. The lowest BCUT2D eigenvalue weighted by Crippen LogP contribution is -2.20. The molecule has 0 aliphatic heterocycles. The summed E-state index contributed by atoms with van der Waals surface area (Å²) in [5, 5.41) is 10.8. The van der Waals surface area contributed by atoms with Gasteiger partial charge in [-0.2, -0.15) is 0 Å². The summed E-state index contributed by atoms with van der Waals surface area (Å²) in [6, 6.07) is 12.7. The Morgan fingerprint density at radius 2 is 1.89 bits per heavy atom. The molecule has 1 heterocycles. The van der Waals surface area contributed by atoms with Crippen molar-refractivity contribution in [1.82, 2.24) is 15.0 Å². The molecule has 2 aromatic carbocycles. The molecule has 7 heteroatoms. The van der Waals surface area contributed by atoms with Gasteiger partial charge in [0.05, 0.1) is 11.1 Å². The van der Waals surface area contributed by atoms with Crippen molar-refractivity contribution in [3.63, 3.8) is 0 Å². The van der Waals surface area contributed by atoms with Crippen molar-refractivity contribution in [1.29, 1.82) is 0 Å². The minimum atomic E-state index is -0.574. The van der Waals surface area contributed by atoms with Gasteiger partial charge in [-0.1, -0.05) is 31.2 Å². The van der Waals surface area contributed by atoms with E-state index in [1.165, 1.54) is 5.56 Å². The van der Waals surface area contributed by atoms with Gasteiger partial charge in [-0.05, 0) is 55.2 Å². The van der Waals surface area contributed by atoms with Crippen LogP contribution in [-0.4, -0.2) is 33.5 Å². The van der Waals surface area contributed by atoms with Crippen LogP contribution in [0.5, 0.6) is 0 Å². The van der Waals surface area contributed by atoms with Gasteiger partial charge in [-0.3, -0.25) is 4.79 Å². The largest absolute Gasteiger partial charge is 0.452 e. The number of hydrogen-bond donors (Lipinski definition) is 1. The quantitative estimate of drug-likeness (QED) is 0.631. The van der Waals surface area contributed by atoms with Crippen LogP contribution in [0.4, 0.5) is 5.69 Å². The molecule has 0 saturated carbocycles. The molecule has 1 atom stereocenters. The molecule has 28 heavy (non-hydrogen) atoms. The molecule has 0 saturated heterocycles. The van der Waals surface area contributed by atoms with E-state index in [0.717, 1.165) is 11.9 Å². The smallest absolute Gasteiger partial charge is 0.338 e. The van der Waals surface area contributed by atoms with E-state index in [2.05, 4.69) is 29.5 Å². The van der Waals surface area contributed by atoms with E-state index >= 15 is 0 Å². The van der Waals surface area contributed by atoms with Crippen LogP contribution >= 0.6 is 0 Å². The highest BCUT2D eigenvalue weighted by Crippen LogP contribution is 2.20. The second-order valence-electron chi connectivity index (χ2n) is 6.66. The molecular formula is C21H24N4O3. The number of fused-ring (bicyclic) bond motifs is 1. The summed E-state index contributed by atoms with van der Waals surface area (Å²) in [6.45, 7) is 6.60. The van der Waals surface area contributed by atoms with E-state index in [0.29, 0.717) is 29.2 Å². The fourth-order valence-corrected chi connectivity index (χ4v) is 2.87. The number of amides is 1. The van der Waals surface area contributed by atoms with Crippen LogP contribution in [0.3, 0.4) is 0 Å². The number of benzene rings is 2. The first kappa shape index (κ1) is 19.5. The number of carbonyl (C=O) groups is 2. The van der Waals surface area contributed by atoms with Gasteiger partial charge in [0.2, 0.25) is 0 Å². The monoisotopic (exact) mass is 380 g/mol. The van der Waals surface area contributed by atoms with E-state index < -0.39 is 5.97 Å². The minimum absolute atomic E-state index is 0.335. The molecule has 0 fully saturated rings. The Bertz CT molecular complexity index is 979. The molecule has 7 nitrogen and oxygen atoms in total. The highest BCUT2D eigenvalue weighted by Gasteiger charge is 2.13. The molecule has 146 valence electrons. The Hall–Kier alpha value is -3.22. The Morgan fingerprint density at radius 3 is 2.57 bits per heavy atom. The molecule has 0 aliphatic carbocycles. The fourth-order valence-electron chi connectivity index (χ4n) is 2.87. The Kier molecular flexibility index (Phi) is 6.03. The average molecular weight is 380 g/mol. The van der Waals surface area contributed by atoms with Crippen LogP contribution in [0.1, 0.15) is 49.0 Å². The van der Waals surface area contributed by atoms with Crippen LogP contribution in [0, 0.1) is 0 Å². The lowest BCUT2D eigenvalue weighted by Gasteiger charge is -2.10. The van der Waals surface area contributed by atoms with Gasteiger partial charge in [0.25, 0.3) is 5.91 Å². The minimum Gasteiger partial charge on any atom is -0.452 e. The van der Waals surface area contributed by atoms with Crippen LogP contribution in [0.2, 0.25) is 0 Å². The van der Waals surface area contributed by atoms with Gasteiger partial charge < -0.3 is 10.1 Å². The number of ether oxygens (including phenoxy) is 1. The molecule has 3 aromatic rings. The lowest BCUT2D eigenvalue weighted by atomic mass is 9.99. The van der Waals surface area contributed by atoms with Crippen LogP contribution in [0.25, 0.3) is 11.0 Å². The van der Waals surface area contributed by atoms with Crippen LogP contribution in [0.15, 0.2) is 42.5 Å². The summed E-state index contributed by atoms with van der Waals surface area (Å²) >= 11 is 0. The lowest BCUT2D eigenvalue weighted by molar-refractivity contribution is -0.119. The van der Waals surface area contributed by atoms with Gasteiger partial charge in [0, 0.05) is 12.2 Å². The number of anilines is 1. The summed E-state index contributed by atoms with van der Waals surface area (Å²) in [6.07, 6.45) is 1.06. The van der Waals surface area contributed by atoms with E-state index in [-0.39, 0.29) is 12.5 Å². The molecule has 0 aliphatic rings. The summed E-state index contributed by atoms with van der Waals surface area (Å²) in [4.78, 5) is 24.3. The maximum absolute atomic E-state index is 12.2. The van der Waals surface area contributed by atoms with E-state index in [1.54, 1.807) is 22.9 Å². The first-order chi connectivity index (χ1) is 13.5. The molecular weight excluding hydrogens is 356 g/mol. The second kappa shape index (κ2) is 8.65. The fraction of sp³-hybridized carbons (Fsp3) is 0.333. The molecule has 3 rings (SSSR count). The SMILES string of the molecule is CC[C@H](C)c1ccc(NC(=O)COC(=O)c2ccc3c(c2)nnn3CC)cc1. The van der Waals surface area contributed by atoms with E-state index in [9.17, 15) is 9.59 Å². The average Bonchev–Trinajstić information content (AvgIpc) is 3.14. The van der Waals surface area contributed by atoms with E-state index in [1.807, 2.05) is 31.2 Å². The van der Waals surface area contributed by atoms with Crippen molar-refractivity contribution in [2.45, 2.75) is 39.7 Å². The summed E-state index contributed by atoms with van der Waals surface area (Å²) in [5.41, 5.74) is 3.69. The maximum atomic E-state index is 12.2. The first-order valence-corrected chi connectivity index (χ1v) is 9.42. The van der Waals surface area contributed by atoms with Crippen molar-refractivity contribution in [2.24, 2.45) is 0 Å². The number of rotatable bonds is 7. The Balaban J connectivity index is 1.56. The van der Waals surface area contributed by atoms with Gasteiger partial charge in [0.1, 0.15) is 5.52 Å². The molecule has 1 amide bonds. The molecule has 0 bridgehead atoms. The maximum Gasteiger partial charge on any atom is 0.338 e. The number of aromatic nitrogens is 3. The zero-order valence-corrected chi connectivity index (χ0v) is 16.3. The molecule has 0 unspecified atom stereocenters. The second-order valence-corrected chi connectivity index (χ2v) is 6.66. The molecule has 0 spiro atoms. The van der Waals surface area contributed by atoms with Crippen molar-refractivity contribution in [3.8, 4) is 0 Å². The highest BCUT2D eigenvalue weighted by atomic mass is 16.5. The van der Waals surface area contributed by atoms with Crippen LogP contribution in [-0.2, 0) is 16.1 Å². The number of nitrogens with one attached hydrogen (secondary N) is 1. The predicted molar refractivity (Wildman–Crippen MR) is 107 cm³/mol. The van der Waals surface area contributed by atoms with Gasteiger partial charge in [-0.25, -0.2) is 9.48 Å². The van der Waals surface area contributed by atoms with Crippen LogP contribution < -0.4 is 5.32 Å². The molecule has 1 N–H and O–H groups in total.